The number of carbonyl (C=O) groups excluding carboxylic acids is 1. The first-order valence-corrected chi connectivity index (χ1v) is 8.79. The van der Waals surface area contributed by atoms with Gasteiger partial charge in [0.2, 0.25) is 5.91 Å². The van der Waals surface area contributed by atoms with Gasteiger partial charge >= 0.3 is 0 Å². The van der Waals surface area contributed by atoms with Gasteiger partial charge in [-0.2, -0.15) is 0 Å². The van der Waals surface area contributed by atoms with Crippen LogP contribution < -0.4 is 5.73 Å². The van der Waals surface area contributed by atoms with Gasteiger partial charge in [0.05, 0.1) is 11.4 Å². The number of carbonyl (C=O) groups is 1. The van der Waals surface area contributed by atoms with E-state index in [1.54, 1.807) is 0 Å². The number of aromatic nitrogens is 2. The number of primary amides is 1. The molecule has 3 aromatic rings. The second-order valence-electron chi connectivity index (χ2n) is 7.04. The second kappa shape index (κ2) is 5.54. The van der Waals surface area contributed by atoms with Crippen LogP contribution in [0.1, 0.15) is 32.9 Å². The van der Waals surface area contributed by atoms with Crippen molar-refractivity contribution in [3.05, 3.63) is 70.9 Å². The minimum Gasteiger partial charge on any atom is -0.366 e. The van der Waals surface area contributed by atoms with Crippen LogP contribution >= 0.6 is 0 Å². The minimum atomic E-state index is -0.405. The lowest BCUT2D eigenvalue weighted by atomic mass is 9.95. The van der Waals surface area contributed by atoms with E-state index >= 15 is 0 Å². The number of imidazole rings is 1. The Morgan fingerprint density at radius 3 is 2.88 bits per heavy atom. The predicted molar refractivity (Wildman–Crippen MR) is 101 cm³/mol. The molecule has 0 fully saturated rings. The van der Waals surface area contributed by atoms with E-state index in [0.29, 0.717) is 5.56 Å². The van der Waals surface area contributed by atoms with Gasteiger partial charge in [0, 0.05) is 37.1 Å². The topological polar surface area (TPSA) is 75.0 Å². The van der Waals surface area contributed by atoms with Crippen molar-refractivity contribution in [3.63, 3.8) is 0 Å². The van der Waals surface area contributed by atoms with Crippen LogP contribution in [0, 0.1) is 6.42 Å². The van der Waals surface area contributed by atoms with Gasteiger partial charge in [0.15, 0.2) is 0 Å². The highest BCUT2D eigenvalue weighted by atomic mass is 16.1. The van der Waals surface area contributed by atoms with E-state index in [1.165, 1.54) is 5.69 Å². The summed E-state index contributed by atoms with van der Waals surface area (Å²) in [7, 11) is 2.12. The number of fused-ring (bicyclic) bond motifs is 4. The van der Waals surface area contributed by atoms with E-state index in [4.69, 9.17) is 10.7 Å². The van der Waals surface area contributed by atoms with Crippen molar-refractivity contribution in [2.24, 2.45) is 5.73 Å². The van der Waals surface area contributed by atoms with Crippen LogP contribution in [0.4, 0.5) is 0 Å². The number of rotatable bonds is 2. The Hall–Kier alpha value is -2.92. The highest BCUT2D eigenvalue weighted by Crippen LogP contribution is 2.45. The van der Waals surface area contributed by atoms with Crippen LogP contribution in [0.5, 0.6) is 0 Å². The lowest BCUT2D eigenvalue weighted by molar-refractivity contribution is 0.1000. The molecule has 1 aliphatic heterocycles. The standard InChI is InChI=1S/C21H19N4O/c1-25-9-8-17-18(11-25)24-21(23-17)15-7-6-14(20(22)26)16-10-12-4-2-3-5-13(12)19(15)16/h2-7,10H,8-9,11H2,1H3,(H2,22,26)(H,23,24). The molecule has 1 radical (unpaired) electrons. The van der Waals surface area contributed by atoms with Crippen molar-refractivity contribution in [2.75, 3.05) is 13.6 Å². The van der Waals surface area contributed by atoms with Gasteiger partial charge in [0.1, 0.15) is 5.82 Å². The molecular weight excluding hydrogens is 324 g/mol. The molecule has 0 spiro atoms. The molecule has 1 amide bonds. The first kappa shape index (κ1) is 15.3. The molecule has 0 saturated carbocycles. The molecule has 0 bridgehead atoms. The third-order valence-corrected chi connectivity index (χ3v) is 5.32. The van der Waals surface area contributed by atoms with Gasteiger partial charge in [-0.15, -0.1) is 0 Å². The minimum absolute atomic E-state index is 0.405. The Morgan fingerprint density at radius 2 is 2.04 bits per heavy atom. The summed E-state index contributed by atoms with van der Waals surface area (Å²) in [4.78, 5) is 22.6. The highest BCUT2D eigenvalue weighted by molar-refractivity contribution is 6.02. The van der Waals surface area contributed by atoms with Crippen molar-refractivity contribution in [1.29, 1.82) is 0 Å². The van der Waals surface area contributed by atoms with E-state index in [-0.39, 0.29) is 0 Å². The number of nitrogens with one attached hydrogen (secondary N) is 1. The summed E-state index contributed by atoms with van der Waals surface area (Å²) in [6.07, 6.45) is 3.00. The number of amides is 1. The fourth-order valence-electron chi connectivity index (χ4n) is 4.03. The molecule has 1 aliphatic carbocycles. The second-order valence-corrected chi connectivity index (χ2v) is 7.04. The third-order valence-electron chi connectivity index (χ3n) is 5.32. The highest BCUT2D eigenvalue weighted by Gasteiger charge is 2.28. The molecule has 2 aliphatic rings. The van der Waals surface area contributed by atoms with Crippen LogP contribution in [0.25, 0.3) is 22.5 Å². The summed E-state index contributed by atoms with van der Waals surface area (Å²) >= 11 is 0. The molecule has 5 heteroatoms. The molecule has 26 heavy (non-hydrogen) atoms. The van der Waals surface area contributed by atoms with E-state index in [0.717, 1.165) is 58.8 Å². The lowest BCUT2D eigenvalue weighted by Crippen LogP contribution is -2.26. The Labute approximate surface area is 151 Å². The third kappa shape index (κ3) is 2.21. The van der Waals surface area contributed by atoms with Crippen LogP contribution in [0.2, 0.25) is 0 Å². The largest absolute Gasteiger partial charge is 0.366 e. The fourth-order valence-corrected chi connectivity index (χ4v) is 4.03. The van der Waals surface area contributed by atoms with Crippen LogP contribution in [-0.2, 0) is 13.0 Å². The van der Waals surface area contributed by atoms with Crippen molar-refractivity contribution in [3.8, 4) is 22.5 Å². The summed E-state index contributed by atoms with van der Waals surface area (Å²) in [5.41, 5.74) is 13.7. The van der Waals surface area contributed by atoms with Crippen molar-refractivity contribution in [1.82, 2.24) is 14.9 Å². The molecule has 0 atom stereocenters. The number of nitrogens with zero attached hydrogens (tertiary/aromatic N) is 2. The number of hydrogen-bond donors (Lipinski definition) is 2. The van der Waals surface area contributed by atoms with Crippen LogP contribution in [-0.4, -0.2) is 34.4 Å². The number of aromatic amines is 1. The van der Waals surface area contributed by atoms with E-state index in [1.807, 2.05) is 30.7 Å². The summed E-state index contributed by atoms with van der Waals surface area (Å²) in [6.45, 7) is 1.90. The van der Waals surface area contributed by atoms with Gasteiger partial charge in [-0.05, 0) is 41.4 Å². The lowest BCUT2D eigenvalue weighted by Gasteiger charge is -2.20. The van der Waals surface area contributed by atoms with Gasteiger partial charge in [0.25, 0.3) is 0 Å². The Kier molecular flexibility index (Phi) is 3.27. The Bertz CT molecular complexity index is 1050. The first-order chi connectivity index (χ1) is 12.6. The maximum absolute atomic E-state index is 11.9. The Balaban J connectivity index is 1.73. The summed E-state index contributed by atoms with van der Waals surface area (Å²) in [6, 6.07) is 11.9. The van der Waals surface area contributed by atoms with Crippen LogP contribution in [0.3, 0.4) is 0 Å². The molecule has 2 aromatic carbocycles. The first-order valence-electron chi connectivity index (χ1n) is 8.79. The van der Waals surface area contributed by atoms with E-state index < -0.39 is 5.91 Å². The zero-order valence-corrected chi connectivity index (χ0v) is 14.5. The molecule has 1 aromatic heterocycles. The molecule has 2 heterocycles. The number of benzene rings is 2. The van der Waals surface area contributed by atoms with Gasteiger partial charge in [-0.3, -0.25) is 4.79 Å². The molecule has 129 valence electrons. The average molecular weight is 343 g/mol. The van der Waals surface area contributed by atoms with E-state index in [9.17, 15) is 4.79 Å². The van der Waals surface area contributed by atoms with Crippen LogP contribution in [0.15, 0.2) is 36.4 Å². The quantitative estimate of drug-likeness (QED) is 0.588. The van der Waals surface area contributed by atoms with E-state index in [2.05, 4.69) is 29.1 Å². The maximum Gasteiger partial charge on any atom is 0.249 e. The normalized spacial score (nSPS) is 15.4. The zero-order chi connectivity index (χ0) is 17.8. The summed E-state index contributed by atoms with van der Waals surface area (Å²) < 4.78 is 0. The smallest absolute Gasteiger partial charge is 0.249 e. The number of hydrogen-bond acceptors (Lipinski definition) is 3. The summed E-state index contributed by atoms with van der Waals surface area (Å²) in [5, 5.41) is 0. The molecule has 3 N–H and O–H groups in total. The average Bonchev–Trinajstić information content (AvgIpc) is 3.21. The summed E-state index contributed by atoms with van der Waals surface area (Å²) in [5.74, 6) is 0.458. The van der Waals surface area contributed by atoms with Crippen molar-refractivity contribution >= 4 is 5.91 Å². The molecular formula is C21H19N4O. The van der Waals surface area contributed by atoms with Gasteiger partial charge < -0.3 is 15.6 Å². The fraction of sp³-hybridized carbons (Fsp3) is 0.190. The van der Waals surface area contributed by atoms with Gasteiger partial charge in [-0.1, -0.05) is 24.3 Å². The van der Waals surface area contributed by atoms with Gasteiger partial charge in [-0.25, -0.2) is 4.98 Å². The van der Waals surface area contributed by atoms with Crippen molar-refractivity contribution in [2.45, 2.75) is 13.0 Å². The predicted octanol–water partition coefficient (Wildman–Crippen LogP) is 2.74. The number of nitrogens with two attached hydrogens (primary N) is 1. The molecule has 5 rings (SSSR count). The Morgan fingerprint density at radius 1 is 1.19 bits per heavy atom. The molecule has 0 saturated heterocycles. The van der Waals surface area contributed by atoms with Crippen molar-refractivity contribution < 1.29 is 4.79 Å². The molecule has 0 unspecified atom stereocenters. The maximum atomic E-state index is 11.9. The SMILES string of the molecule is CN1CCc2nc(-c3ccc(C(N)=O)c4c3-c3ccccc3[CH]4)[nH]c2C1. The number of likely N-dealkylation sites (N-methyl/N-ethyl adjacent to an activating group) is 1. The number of H-pyrrole nitrogens is 1. The zero-order valence-electron chi connectivity index (χ0n) is 14.5. The monoisotopic (exact) mass is 343 g/mol. The molecule has 5 nitrogen and oxygen atoms in total.